The van der Waals surface area contributed by atoms with Gasteiger partial charge in [-0.2, -0.15) is 0 Å². The Kier molecular flexibility index (Phi) is 7.62. The van der Waals surface area contributed by atoms with Crippen molar-refractivity contribution in [3.63, 3.8) is 0 Å². The van der Waals surface area contributed by atoms with Crippen LogP contribution in [0, 0.1) is 0 Å². The number of unbranched alkanes of at least 4 members (excludes halogenated alkanes) is 1. The monoisotopic (exact) mass is 416 g/mol. The molecule has 0 saturated heterocycles. The predicted molar refractivity (Wildman–Crippen MR) is 108 cm³/mol. The maximum Gasteiger partial charge on any atom is 0.258 e. The van der Waals surface area contributed by atoms with Crippen molar-refractivity contribution in [1.82, 2.24) is 10.2 Å². The van der Waals surface area contributed by atoms with Gasteiger partial charge in [0.05, 0.1) is 17.7 Å². The Balaban J connectivity index is 1.91. The summed E-state index contributed by atoms with van der Waals surface area (Å²) in [5.41, 5.74) is -0.161. The van der Waals surface area contributed by atoms with E-state index in [0.717, 1.165) is 0 Å². The van der Waals surface area contributed by atoms with Crippen LogP contribution in [0.2, 0.25) is 0 Å². The first-order valence-corrected chi connectivity index (χ1v) is 9.31. The van der Waals surface area contributed by atoms with Gasteiger partial charge in [-0.25, -0.2) is 0 Å². The summed E-state index contributed by atoms with van der Waals surface area (Å²) in [7, 11) is 0. The second-order valence-corrected chi connectivity index (χ2v) is 6.74. The Morgan fingerprint density at radius 2 is 1.43 bits per heavy atom. The summed E-state index contributed by atoms with van der Waals surface area (Å²) >= 11 is 0. The summed E-state index contributed by atoms with van der Waals surface area (Å²) in [6.45, 7) is 1.62. The van der Waals surface area contributed by atoms with Crippen molar-refractivity contribution >= 4 is 17.6 Å². The van der Waals surface area contributed by atoms with Crippen LogP contribution in [0.3, 0.4) is 0 Å². The maximum atomic E-state index is 12.7. The number of Topliss-reactive ketones (excluding diaryl/α,β-unsaturated/α-hetero) is 1. The third-order valence-electron chi connectivity index (χ3n) is 4.35. The zero-order valence-electron chi connectivity index (χ0n) is 16.5. The number of hydrogen-bond donors (Lipinski definition) is 5. The van der Waals surface area contributed by atoms with E-state index in [2.05, 4.69) is 5.32 Å². The molecule has 5 N–H and O–H groups in total. The molecule has 0 heterocycles. The molecule has 9 nitrogen and oxygen atoms in total. The lowest BCUT2D eigenvalue weighted by Crippen LogP contribution is -2.36. The molecule has 0 atom stereocenters. The molecular formula is C21H24N2O7. The van der Waals surface area contributed by atoms with Crippen molar-refractivity contribution in [2.24, 2.45) is 0 Å². The van der Waals surface area contributed by atoms with Crippen LogP contribution in [0.15, 0.2) is 36.4 Å². The number of rotatable bonds is 9. The summed E-state index contributed by atoms with van der Waals surface area (Å²) < 4.78 is 0. The largest absolute Gasteiger partial charge is 0.504 e. The van der Waals surface area contributed by atoms with Crippen LogP contribution >= 0.6 is 0 Å². The lowest BCUT2D eigenvalue weighted by Gasteiger charge is -2.22. The number of para-hydroxylation sites is 2. The van der Waals surface area contributed by atoms with E-state index in [4.69, 9.17) is 0 Å². The summed E-state index contributed by atoms with van der Waals surface area (Å²) in [6.07, 6.45) is 0.921. The molecule has 0 fully saturated rings. The molecule has 0 aliphatic rings. The normalized spacial score (nSPS) is 10.4. The van der Waals surface area contributed by atoms with E-state index >= 15 is 0 Å². The van der Waals surface area contributed by atoms with Crippen LogP contribution in [0.1, 0.15) is 40.5 Å². The fourth-order valence-electron chi connectivity index (χ4n) is 2.83. The maximum absolute atomic E-state index is 12.7. The fraction of sp³-hybridized carbons (Fsp3) is 0.286. The van der Waals surface area contributed by atoms with E-state index in [1.165, 1.54) is 48.2 Å². The van der Waals surface area contributed by atoms with E-state index in [1.807, 2.05) is 0 Å². The van der Waals surface area contributed by atoms with Crippen LogP contribution in [0.4, 0.5) is 0 Å². The van der Waals surface area contributed by atoms with Gasteiger partial charge in [0.2, 0.25) is 0 Å². The first kappa shape index (κ1) is 22.5. The average molecular weight is 416 g/mol. The van der Waals surface area contributed by atoms with Gasteiger partial charge in [-0.3, -0.25) is 14.4 Å². The van der Waals surface area contributed by atoms with Gasteiger partial charge in [0.25, 0.3) is 11.8 Å². The number of ketones is 1. The standard InChI is InChI=1S/C21H24N2O7/c1-13(24)12-23(21(30)15-7-5-9-17(26)19(15)28)11-3-2-10-22-20(29)14-6-4-8-16(25)18(14)27/h4-9,25-28H,2-3,10-12H2,1H3,(H,22,29). The highest BCUT2D eigenvalue weighted by Gasteiger charge is 2.21. The van der Waals surface area contributed by atoms with E-state index in [9.17, 15) is 34.8 Å². The minimum Gasteiger partial charge on any atom is -0.504 e. The van der Waals surface area contributed by atoms with Gasteiger partial charge in [0, 0.05) is 13.1 Å². The minimum atomic E-state index is -0.590. The zero-order chi connectivity index (χ0) is 22.3. The highest BCUT2D eigenvalue weighted by Crippen LogP contribution is 2.29. The number of carbonyl (C=O) groups is 3. The molecule has 0 radical (unpaired) electrons. The highest BCUT2D eigenvalue weighted by atomic mass is 16.3. The third-order valence-corrected chi connectivity index (χ3v) is 4.35. The van der Waals surface area contributed by atoms with Gasteiger partial charge >= 0.3 is 0 Å². The Morgan fingerprint density at radius 3 is 2.03 bits per heavy atom. The van der Waals surface area contributed by atoms with Crippen LogP contribution in [-0.2, 0) is 4.79 Å². The molecule has 0 aromatic heterocycles. The SMILES string of the molecule is CC(=O)CN(CCCCNC(=O)c1cccc(O)c1O)C(=O)c1cccc(O)c1O. The van der Waals surface area contributed by atoms with E-state index in [-0.39, 0.29) is 36.5 Å². The average Bonchev–Trinajstić information content (AvgIpc) is 2.70. The molecular weight excluding hydrogens is 392 g/mol. The van der Waals surface area contributed by atoms with E-state index in [0.29, 0.717) is 12.8 Å². The molecule has 0 aliphatic carbocycles. The number of hydrogen-bond acceptors (Lipinski definition) is 7. The minimum absolute atomic E-state index is 0.0530. The Morgan fingerprint density at radius 1 is 0.867 bits per heavy atom. The fourth-order valence-corrected chi connectivity index (χ4v) is 2.83. The van der Waals surface area contributed by atoms with Crippen molar-refractivity contribution in [3.05, 3.63) is 47.5 Å². The van der Waals surface area contributed by atoms with Crippen molar-refractivity contribution in [2.75, 3.05) is 19.6 Å². The topological polar surface area (TPSA) is 147 Å². The number of nitrogens with one attached hydrogen (secondary N) is 1. The second-order valence-electron chi connectivity index (χ2n) is 6.74. The van der Waals surface area contributed by atoms with Crippen molar-refractivity contribution in [1.29, 1.82) is 0 Å². The Labute approximate surface area is 173 Å². The van der Waals surface area contributed by atoms with E-state index in [1.54, 1.807) is 0 Å². The first-order chi connectivity index (χ1) is 14.2. The summed E-state index contributed by atoms with van der Waals surface area (Å²) in [5.74, 6) is -3.25. The quantitative estimate of drug-likeness (QED) is 0.309. The van der Waals surface area contributed by atoms with Crippen LogP contribution < -0.4 is 5.32 Å². The molecule has 9 heteroatoms. The van der Waals surface area contributed by atoms with Crippen LogP contribution in [-0.4, -0.2) is 62.6 Å². The number of phenolic OH excluding ortho intramolecular Hbond substituents is 4. The Bertz CT molecular complexity index is 943. The number of carbonyl (C=O) groups excluding carboxylic acids is 3. The second kappa shape index (κ2) is 10.1. The summed E-state index contributed by atoms with van der Waals surface area (Å²) in [5, 5.41) is 41.2. The molecule has 2 rings (SSSR count). The number of aromatic hydroxyl groups is 4. The number of nitrogens with zero attached hydrogens (tertiary/aromatic N) is 1. The third kappa shape index (κ3) is 5.63. The number of amides is 2. The molecule has 2 amide bonds. The predicted octanol–water partition coefficient (Wildman–Crippen LogP) is 1.75. The van der Waals surface area contributed by atoms with E-state index < -0.39 is 34.8 Å². The van der Waals surface area contributed by atoms with Gasteiger partial charge in [-0.15, -0.1) is 0 Å². The molecule has 2 aromatic carbocycles. The zero-order valence-corrected chi connectivity index (χ0v) is 16.5. The van der Waals surface area contributed by atoms with Crippen molar-refractivity contribution < 1.29 is 34.8 Å². The summed E-state index contributed by atoms with van der Waals surface area (Å²) in [4.78, 5) is 37.5. The Hall–Kier alpha value is -3.75. The molecule has 30 heavy (non-hydrogen) atoms. The van der Waals surface area contributed by atoms with Crippen molar-refractivity contribution in [2.45, 2.75) is 19.8 Å². The van der Waals surface area contributed by atoms with Gasteiger partial charge in [0.15, 0.2) is 23.0 Å². The smallest absolute Gasteiger partial charge is 0.258 e. The molecule has 2 aromatic rings. The number of benzene rings is 2. The highest BCUT2D eigenvalue weighted by molar-refractivity contribution is 5.99. The van der Waals surface area contributed by atoms with Gasteiger partial charge in [-0.1, -0.05) is 12.1 Å². The lowest BCUT2D eigenvalue weighted by molar-refractivity contribution is -0.117. The van der Waals surface area contributed by atoms with Gasteiger partial charge in [-0.05, 0) is 44.0 Å². The molecule has 0 unspecified atom stereocenters. The van der Waals surface area contributed by atoms with Gasteiger partial charge < -0.3 is 30.6 Å². The van der Waals surface area contributed by atoms with Crippen LogP contribution in [0.25, 0.3) is 0 Å². The molecule has 0 saturated carbocycles. The molecule has 0 bridgehead atoms. The van der Waals surface area contributed by atoms with Gasteiger partial charge in [0.1, 0.15) is 5.78 Å². The lowest BCUT2D eigenvalue weighted by atomic mass is 10.1. The molecule has 160 valence electrons. The molecule has 0 aliphatic heterocycles. The number of phenols is 4. The molecule has 0 spiro atoms. The summed E-state index contributed by atoms with van der Waals surface area (Å²) in [6, 6.07) is 8.09. The first-order valence-electron chi connectivity index (χ1n) is 9.31. The van der Waals surface area contributed by atoms with Crippen molar-refractivity contribution in [3.8, 4) is 23.0 Å². The van der Waals surface area contributed by atoms with Crippen LogP contribution in [0.5, 0.6) is 23.0 Å².